The molecule has 5 rings (SSSR count). The first-order valence-electron chi connectivity index (χ1n) is 9.39. The van der Waals surface area contributed by atoms with Gasteiger partial charge in [0.25, 0.3) is 5.91 Å². The van der Waals surface area contributed by atoms with Crippen molar-refractivity contribution in [1.82, 2.24) is 4.98 Å². The van der Waals surface area contributed by atoms with Crippen LogP contribution in [0, 0.1) is 6.92 Å². The zero-order chi connectivity index (χ0) is 20.0. The monoisotopic (exact) mass is 402 g/mol. The highest BCUT2D eigenvalue weighted by Crippen LogP contribution is 2.33. The first-order valence-corrected chi connectivity index (χ1v) is 10.2. The molecule has 0 radical (unpaired) electrons. The van der Waals surface area contributed by atoms with Gasteiger partial charge < -0.3 is 9.15 Å². The van der Waals surface area contributed by atoms with Gasteiger partial charge in [0, 0.05) is 16.3 Å². The number of hydrogen-bond acceptors (Lipinski definition) is 5. The third kappa shape index (κ3) is 3.02. The Hall–Kier alpha value is -3.38. The van der Waals surface area contributed by atoms with Crippen molar-refractivity contribution in [1.29, 1.82) is 0 Å². The van der Waals surface area contributed by atoms with Crippen LogP contribution < -0.4 is 10.1 Å². The average molecular weight is 402 g/mol. The lowest BCUT2D eigenvalue weighted by molar-refractivity contribution is 0.0998. The Bertz CT molecular complexity index is 1380. The number of benzene rings is 3. The van der Waals surface area contributed by atoms with Crippen molar-refractivity contribution < 1.29 is 13.9 Å². The molecule has 1 N–H and O–H groups in total. The Morgan fingerprint density at radius 2 is 2.00 bits per heavy atom. The van der Waals surface area contributed by atoms with Crippen LogP contribution in [0.1, 0.15) is 23.0 Å². The van der Waals surface area contributed by atoms with Crippen molar-refractivity contribution in [3.05, 3.63) is 65.9 Å². The summed E-state index contributed by atoms with van der Waals surface area (Å²) < 4.78 is 12.5. The summed E-state index contributed by atoms with van der Waals surface area (Å²) in [6, 6.07) is 17.8. The van der Waals surface area contributed by atoms with E-state index in [4.69, 9.17) is 9.15 Å². The number of nitrogens with zero attached hydrogens (tertiary/aromatic N) is 1. The van der Waals surface area contributed by atoms with Gasteiger partial charge in [-0.15, -0.1) is 0 Å². The molecular formula is C23H18N2O3S. The van der Waals surface area contributed by atoms with Crippen LogP contribution in [0.3, 0.4) is 0 Å². The highest BCUT2D eigenvalue weighted by atomic mass is 32.1. The number of fused-ring (bicyclic) bond motifs is 4. The number of carbonyl (C=O) groups excluding carboxylic acids is 1. The van der Waals surface area contributed by atoms with Crippen LogP contribution in [0.4, 0.5) is 5.13 Å². The minimum atomic E-state index is -0.299. The summed E-state index contributed by atoms with van der Waals surface area (Å²) in [6.45, 7) is 4.46. The molecule has 144 valence electrons. The molecule has 5 nitrogen and oxygen atoms in total. The normalized spacial score (nSPS) is 11.4. The SMILES string of the molecule is CCOc1ccc2nc(NC(=O)c3oc4c(ccc5ccccc54)c3C)sc2c1. The number of hydrogen-bond donors (Lipinski definition) is 1. The van der Waals surface area contributed by atoms with Gasteiger partial charge in [-0.1, -0.05) is 47.7 Å². The smallest absolute Gasteiger partial charge is 0.293 e. The Balaban J connectivity index is 1.50. The maximum absolute atomic E-state index is 12.9. The van der Waals surface area contributed by atoms with Gasteiger partial charge in [-0.2, -0.15) is 0 Å². The van der Waals surface area contributed by atoms with Crippen molar-refractivity contribution >= 4 is 54.3 Å². The molecule has 0 aliphatic rings. The number of aromatic nitrogens is 1. The molecular weight excluding hydrogens is 384 g/mol. The Morgan fingerprint density at radius 1 is 1.14 bits per heavy atom. The summed E-state index contributed by atoms with van der Waals surface area (Å²) in [4.78, 5) is 17.4. The second-order valence-electron chi connectivity index (χ2n) is 6.76. The molecule has 0 atom stereocenters. The largest absolute Gasteiger partial charge is 0.494 e. The van der Waals surface area contributed by atoms with Gasteiger partial charge in [0.05, 0.1) is 16.8 Å². The molecule has 0 fully saturated rings. The quantitative estimate of drug-likeness (QED) is 0.391. The van der Waals surface area contributed by atoms with Gasteiger partial charge >= 0.3 is 0 Å². The van der Waals surface area contributed by atoms with Crippen molar-refractivity contribution in [2.75, 3.05) is 11.9 Å². The summed E-state index contributed by atoms with van der Waals surface area (Å²) in [5.41, 5.74) is 2.38. The Kier molecular flexibility index (Phi) is 4.21. The van der Waals surface area contributed by atoms with E-state index in [0.29, 0.717) is 17.5 Å². The molecule has 0 aliphatic carbocycles. The Labute approximate surface area is 170 Å². The third-order valence-corrected chi connectivity index (χ3v) is 5.86. The van der Waals surface area contributed by atoms with Crippen molar-refractivity contribution in [3.8, 4) is 5.75 Å². The number of rotatable bonds is 4. The molecule has 2 aromatic heterocycles. The van der Waals surface area contributed by atoms with E-state index in [1.54, 1.807) is 0 Å². The molecule has 0 aliphatic heterocycles. The summed E-state index contributed by atoms with van der Waals surface area (Å²) in [5, 5.41) is 6.43. The second kappa shape index (κ2) is 6.90. The lowest BCUT2D eigenvalue weighted by Crippen LogP contribution is -2.11. The van der Waals surface area contributed by atoms with Crippen LogP contribution in [0.25, 0.3) is 32.0 Å². The number of aryl methyl sites for hydroxylation is 1. The van der Waals surface area contributed by atoms with E-state index in [2.05, 4.69) is 10.3 Å². The minimum absolute atomic E-state index is 0.299. The molecule has 0 unspecified atom stereocenters. The first-order chi connectivity index (χ1) is 14.1. The molecule has 0 spiro atoms. The number of carbonyl (C=O) groups is 1. The molecule has 0 bridgehead atoms. The molecule has 1 amide bonds. The van der Waals surface area contributed by atoms with E-state index in [9.17, 15) is 4.79 Å². The predicted octanol–water partition coefficient (Wildman–Crippen LogP) is 6.16. The zero-order valence-corrected chi connectivity index (χ0v) is 16.8. The van der Waals surface area contributed by atoms with E-state index in [1.807, 2.05) is 68.4 Å². The number of furan rings is 1. The summed E-state index contributed by atoms with van der Waals surface area (Å²) in [6.07, 6.45) is 0. The van der Waals surface area contributed by atoms with E-state index in [0.717, 1.165) is 43.3 Å². The van der Waals surface area contributed by atoms with Gasteiger partial charge in [0.2, 0.25) is 0 Å². The van der Waals surface area contributed by atoms with Crippen LogP contribution in [0.15, 0.2) is 59.0 Å². The van der Waals surface area contributed by atoms with Gasteiger partial charge in [-0.25, -0.2) is 4.98 Å². The van der Waals surface area contributed by atoms with Crippen LogP contribution in [0.5, 0.6) is 5.75 Å². The molecule has 29 heavy (non-hydrogen) atoms. The Morgan fingerprint density at radius 3 is 2.86 bits per heavy atom. The average Bonchev–Trinajstić information content (AvgIpc) is 3.28. The number of anilines is 1. The summed E-state index contributed by atoms with van der Waals surface area (Å²) in [7, 11) is 0. The fourth-order valence-electron chi connectivity index (χ4n) is 3.53. The predicted molar refractivity (Wildman–Crippen MR) is 117 cm³/mol. The molecule has 6 heteroatoms. The van der Waals surface area contributed by atoms with E-state index < -0.39 is 0 Å². The highest BCUT2D eigenvalue weighted by Gasteiger charge is 2.20. The number of thiazole rings is 1. The lowest BCUT2D eigenvalue weighted by atomic mass is 10.1. The first kappa shape index (κ1) is 17.7. The van der Waals surface area contributed by atoms with Crippen LogP contribution >= 0.6 is 11.3 Å². The van der Waals surface area contributed by atoms with E-state index >= 15 is 0 Å². The third-order valence-electron chi connectivity index (χ3n) is 4.93. The molecule has 3 aromatic carbocycles. The van der Waals surface area contributed by atoms with Crippen LogP contribution in [-0.2, 0) is 0 Å². The molecule has 0 saturated carbocycles. The fraction of sp³-hybridized carbons (Fsp3) is 0.130. The van der Waals surface area contributed by atoms with Gasteiger partial charge in [-0.3, -0.25) is 10.1 Å². The van der Waals surface area contributed by atoms with Crippen molar-refractivity contribution in [3.63, 3.8) is 0 Å². The molecule has 5 aromatic rings. The highest BCUT2D eigenvalue weighted by molar-refractivity contribution is 7.22. The van der Waals surface area contributed by atoms with Gasteiger partial charge in [-0.05, 0) is 37.4 Å². The summed E-state index contributed by atoms with van der Waals surface area (Å²) >= 11 is 1.41. The molecule has 2 heterocycles. The van der Waals surface area contributed by atoms with E-state index in [1.165, 1.54) is 11.3 Å². The number of nitrogens with one attached hydrogen (secondary N) is 1. The van der Waals surface area contributed by atoms with Crippen molar-refractivity contribution in [2.24, 2.45) is 0 Å². The topological polar surface area (TPSA) is 64.4 Å². The number of amides is 1. The van der Waals surface area contributed by atoms with E-state index in [-0.39, 0.29) is 5.91 Å². The maximum atomic E-state index is 12.9. The maximum Gasteiger partial charge on any atom is 0.293 e. The standard InChI is InChI=1S/C23H18N2O3S/c1-3-27-15-9-11-18-19(12-15)29-23(24-18)25-22(26)20-13(2)16-10-8-14-6-4-5-7-17(14)21(16)28-20/h4-12H,3H2,1-2H3,(H,24,25,26). The van der Waals surface area contributed by atoms with Crippen molar-refractivity contribution in [2.45, 2.75) is 13.8 Å². The van der Waals surface area contributed by atoms with Crippen LogP contribution in [0.2, 0.25) is 0 Å². The van der Waals surface area contributed by atoms with Gasteiger partial charge in [0.1, 0.15) is 11.3 Å². The lowest BCUT2D eigenvalue weighted by Gasteiger charge is -2.00. The van der Waals surface area contributed by atoms with Gasteiger partial charge in [0.15, 0.2) is 10.9 Å². The summed E-state index contributed by atoms with van der Waals surface area (Å²) in [5.74, 6) is 0.805. The minimum Gasteiger partial charge on any atom is -0.494 e. The van der Waals surface area contributed by atoms with Crippen LogP contribution in [-0.4, -0.2) is 17.5 Å². The second-order valence-corrected chi connectivity index (χ2v) is 7.79. The molecule has 0 saturated heterocycles. The fourth-order valence-corrected chi connectivity index (χ4v) is 4.42. The zero-order valence-electron chi connectivity index (χ0n) is 16.0. The number of ether oxygens (including phenoxy) is 1.